The van der Waals surface area contributed by atoms with Gasteiger partial charge < -0.3 is 15.5 Å². The number of likely N-dealkylation sites (tertiary alicyclic amines) is 1. The molecule has 1 heterocycles. The molecule has 1 rings (SSSR count). The average Bonchev–Trinajstić information content (AvgIpc) is 2.29. The lowest BCUT2D eigenvalue weighted by molar-refractivity contribution is -0.122. The van der Waals surface area contributed by atoms with Gasteiger partial charge in [0.1, 0.15) is 6.04 Å². The molecule has 86 valence electrons. The van der Waals surface area contributed by atoms with E-state index in [0.29, 0.717) is 0 Å². The highest BCUT2D eigenvalue weighted by Crippen LogP contribution is 2.08. The lowest BCUT2D eigenvalue weighted by atomic mass is 10.1. The number of urea groups is 1. The third-order valence-corrected chi connectivity index (χ3v) is 2.62. The van der Waals surface area contributed by atoms with E-state index in [1.54, 1.807) is 18.9 Å². The molecule has 0 aromatic rings. The van der Waals surface area contributed by atoms with Crippen LogP contribution in [0.4, 0.5) is 4.79 Å². The van der Waals surface area contributed by atoms with Crippen LogP contribution in [-0.2, 0) is 4.79 Å². The Bertz CT molecular complexity index is 237. The van der Waals surface area contributed by atoms with Crippen LogP contribution in [0.15, 0.2) is 0 Å². The topological polar surface area (TPSA) is 61.4 Å². The molecule has 3 amide bonds. The van der Waals surface area contributed by atoms with E-state index in [9.17, 15) is 9.59 Å². The molecule has 0 saturated carbocycles. The van der Waals surface area contributed by atoms with Crippen molar-refractivity contribution in [2.45, 2.75) is 32.2 Å². The van der Waals surface area contributed by atoms with E-state index in [2.05, 4.69) is 10.6 Å². The van der Waals surface area contributed by atoms with Crippen LogP contribution < -0.4 is 10.6 Å². The second-order valence-corrected chi connectivity index (χ2v) is 3.83. The maximum atomic E-state index is 11.7. The molecule has 1 aliphatic heterocycles. The Hall–Kier alpha value is -1.26. The number of likely N-dealkylation sites (N-methyl/N-ethyl adjacent to an activating group) is 1. The monoisotopic (exact) mass is 213 g/mol. The molecule has 5 heteroatoms. The van der Waals surface area contributed by atoms with Crippen LogP contribution in [0.25, 0.3) is 0 Å². The van der Waals surface area contributed by atoms with Crippen molar-refractivity contribution < 1.29 is 9.59 Å². The van der Waals surface area contributed by atoms with Gasteiger partial charge in [0.2, 0.25) is 5.91 Å². The van der Waals surface area contributed by atoms with Crippen molar-refractivity contribution in [3.05, 3.63) is 0 Å². The summed E-state index contributed by atoms with van der Waals surface area (Å²) >= 11 is 0. The molecule has 0 aliphatic carbocycles. The Morgan fingerprint density at radius 2 is 1.80 bits per heavy atom. The summed E-state index contributed by atoms with van der Waals surface area (Å²) in [6.45, 7) is 3.28. The molecule has 1 aliphatic rings. The zero-order valence-electron chi connectivity index (χ0n) is 9.38. The number of hydrogen-bond donors (Lipinski definition) is 2. The first-order valence-corrected chi connectivity index (χ1v) is 5.42. The largest absolute Gasteiger partial charge is 0.357 e. The normalized spacial score (nSPS) is 18.1. The van der Waals surface area contributed by atoms with Crippen molar-refractivity contribution in [1.29, 1.82) is 0 Å². The molecule has 0 bridgehead atoms. The van der Waals surface area contributed by atoms with Gasteiger partial charge in [-0.1, -0.05) is 0 Å². The number of nitrogens with one attached hydrogen (secondary N) is 2. The molecule has 0 aromatic carbocycles. The first-order chi connectivity index (χ1) is 7.15. The van der Waals surface area contributed by atoms with Crippen LogP contribution in [0.5, 0.6) is 0 Å². The standard InChI is InChI=1S/C10H19N3O2/c1-8(9(14)11-2)12-10(15)13-6-4-3-5-7-13/h8H,3-7H2,1-2H3,(H,11,14)(H,12,15). The van der Waals surface area contributed by atoms with Crippen LogP contribution in [0.1, 0.15) is 26.2 Å². The summed E-state index contributed by atoms with van der Waals surface area (Å²) < 4.78 is 0. The van der Waals surface area contributed by atoms with E-state index in [0.717, 1.165) is 25.9 Å². The fourth-order valence-corrected chi connectivity index (χ4v) is 1.66. The number of rotatable bonds is 2. The van der Waals surface area contributed by atoms with E-state index in [1.165, 1.54) is 6.42 Å². The second-order valence-electron chi connectivity index (χ2n) is 3.83. The van der Waals surface area contributed by atoms with Crippen LogP contribution in [0.2, 0.25) is 0 Å². The minimum atomic E-state index is -0.468. The highest BCUT2D eigenvalue weighted by atomic mass is 16.2. The van der Waals surface area contributed by atoms with Crippen molar-refractivity contribution in [2.24, 2.45) is 0 Å². The Morgan fingerprint density at radius 1 is 1.20 bits per heavy atom. The van der Waals surface area contributed by atoms with Crippen LogP contribution >= 0.6 is 0 Å². The summed E-state index contributed by atoms with van der Waals surface area (Å²) in [7, 11) is 1.56. The number of carbonyl (C=O) groups is 2. The Labute approximate surface area is 90.2 Å². The average molecular weight is 213 g/mol. The van der Waals surface area contributed by atoms with Gasteiger partial charge in [-0.05, 0) is 26.2 Å². The highest BCUT2D eigenvalue weighted by Gasteiger charge is 2.20. The maximum Gasteiger partial charge on any atom is 0.318 e. The number of carbonyl (C=O) groups excluding carboxylic acids is 2. The molecule has 0 radical (unpaired) electrons. The smallest absolute Gasteiger partial charge is 0.318 e. The lowest BCUT2D eigenvalue weighted by Crippen LogP contribution is -2.50. The van der Waals surface area contributed by atoms with Crippen molar-refractivity contribution in [3.63, 3.8) is 0 Å². The Morgan fingerprint density at radius 3 is 2.33 bits per heavy atom. The fourth-order valence-electron chi connectivity index (χ4n) is 1.66. The predicted octanol–water partition coefficient (Wildman–Crippen LogP) is 0.316. The van der Waals surface area contributed by atoms with Gasteiger partial charge in [-0.15, -0.1) is 0 Å². The van der Waals surface area contributed by atoms with Crippen LogP contribution in [-0.4, -0.2) is 43.0 Å². The summed E-state index contributed by atoms with van der Waals surface area (Å²) in [5.74, 6) is -0.166. The van der Waals surface area contributed by atoms with Crippen molar-refractivity contribution in [2.75, 3.05) is 20.1 Å². The van der Waals surface area contributed by atoms with E-state index < -0.39 is 6.04 Å². The minimum absolute atomic E-state index is 0.134. The van der Waals surface area contributed by atoms with Gasteiger partial charge in [-0.25, -0.2) is 4.79 Å². The molecule has 15 heavy (non-hydrogen) atoms. The molecular formula is C10H19N3O2. The lowest BCUT2D eigenvalue weighted by Gasteiger charge is -2.28. The molecule has 0 spiro atoms. The fraction of sp³-hybridized carbons (Fsp3) is 0.800. The summed E-state index contributed by atoms with van der Waals surface area (Å²) in [5, 5.41) is 5.18. The molecule has 1 unspecified atom stereocenters. The molecule has 1 fully saturated rings. The summed E-state index contributed by atoms with van der Waals surface area (Å²) in [5.41, 5.74) is 0. The predicted molar refractivity (Wildman–Crippen MR) is 57.5 cm³/mol. The summed E-state index contributed by atoms with van der Waals surface area (Å²) in [6, 6.07) is -0.602. The Balaban J connectivity index is 2.36. The Kier molecular flexibility index (Phi) is 4.39. The third kappa shape index (κ3) is 3.42. The van der Waals surface area contributed by atoms with Gasteiger partial charge >= 0.3 is 6.03 Å². The number of nitrogens with zero attached hydrogens (tertiary/aromatic N) is 1. The maximum absolute atomic E-state index is 11.7. The van der Waals surface area contributed by atoms with Gasteiger partial charge in [0.25, 0.3) is 0 Å². The number of piperidine rings is 1. The van der Waals surface area contributed by atoms with Gasteiger partial charge in [0.15, 0.2) is 0 Å². The molecule has 1 saturated heterocycles. The molecular weight excluding hydrogens is 194 g/mol. The second kappa shape index (κ2) is 5.58. The SMILES string of the molecule is CNC(=O)C(C)NC(=O)N1CCCCC1. The first-order valence-electron chi connectivity index (χ1n) is 5.42. The molecule has 0 aromatic heterocycles. The van der Waals surface area contributed by atoms with Gasteiger partial charge in [0, 0.05) is 20.1 Å². The van der Waals surface area contributed by atoms with E-state index >= 15 is 0 Å². The van der Waals surface area contributed by atoms with E-state index in [-0.39, 0.29) is 11.9 Å². The first kappa shape index (κ1) is 11.8. The number of hydrogen-bond acceptors (Lipinski definition) is 2. The van der Waals surface area contributed by atoms with E-state index in [1.807, 2.05) is 0 Å². The molecule has 1 atom stereocenters. The highest BCUT2D eigenvalue weighted by molar-refractivity contribution is 5.86. The molecule has 5 nitrogen and oxygen atoms in total. The summed E-state index contributed by atoms with van der Waals surface area (Å²) in [6.07, 6.45) is 3.30. The third-order valence-electron chi connectivity index (χ3n) is 2.62. The van der Waals surface area contributed by atoms with Crippen molar-refractivity contribution >= 4 is 11.9 Å². The van der Waals surface area contributed by atoms with Gasteiger partial charge in [0.05, 0.1) is 0 Å². The quantitative estimate of drug-likeness (QED) is 0.693. The number of amides is 3. The van der Waals surface area contributed by atoms with Crippen LogP contribution in [0.3, 0.4) is 0 Å². The zero-order chi connectivity index (χ0) is 11.3. The van der Waals surface area contributed by atoms with E-state index in [4.69, 9.17) is 0 Å². The van der Waals surface area contributed by atoms with Crippen LogP contribution in [0, 0.1) is 0 Å². The zero-order valence-corrected chi connectivity index (χ0v) is 9.38. The minimum Gasteiger partial charge on any atom is -0.357 e. The molecule has 2 N–H and O–H groups in total. The van der Waals surface area contributed by atoms with Gasteiger partial charge in [-0.3, -0.25) is 4.79 Å². The van der Waals surface area contributed by atoms with Crippen molar-refractivity contribution in [1.82, 2.24) is 15.5 Å². The summed E-state index contributed by atoms with van der Waals surface area (Å²) in [4.78, 5) is 24.6. The van der Waals surface area contributed by atoms with Gasteiger partial charge in [-0.2, -0.15) is 0 Å². The van der Waals surface area contributed by atoms with Crippen molar-refractivity contribution in [3.8, 4) is 0 Å².